The topological polar surface area (TPSA) is 82.1 Å². The Labute approximate surface area is 236 Å². The van der Waals surface area contributed by atoms with Gasteiger partial charge >= 0.3 is 11.9 Å². The number of unbranched alkanes of at least 4 members (excludes halogenated alkanes) is 1. The van der Waals surface area contributed by atoms with Crippen LogP contribution in [0.15, 0.2) is 97.1 Å². The Balaban J connectivity index is 1.41. The minimum atomic E-state index is -0.444. The van der Waals surface area contributed by atoms with Crippen LogP contribution in [0.3, 0.4) is 0 Å². The zero-order chi connectivity index (χ0) is 28.2. The summed E-state index contributed by atoms with van der Waals surface area (Å²) in [6.07, 6.45) is 6.57. The van der Waals surface area contributed by atoms with Gasteiger partial charge in [0.1, 0.15) is 6.10 Å². The fourth-order valence-corrected chi connectivity index (χ4v) is 5.28. The number of methoxy groups -OCH3 is 1. The molecule has 3 aromatic rings. The molecule has 4 rings (SSSR count). The smallest absolute Gasteiger partial charge is 0.338 e. The molecule has 0 heterocycles. The zero-order valence-electron chi connectivity index (χ0n) is 23.0. The molecule has 1 aliphatic rings. The molecular formula is C34H38O6. The predicted octanol–water partition coefficient (Wildman–Crippen LogP) is 6.38. The largest absolute Gasteiger partial charge is 0.469 e. The number of aliphatic hydroxyl groups is 1. The number of ether oxygens (including phenoxy) is 3. The highest BCUT2D eigenvalue weighted by Gasteiger charge is 2.45. The van der Waals surface area contributed by atoms with Gasteiger partial charge in [-0.1, -0.05) is 84.9 Å². The lowest BCUT2D eigenvalue weighted by atomic mass is 9.91. The van der Waals surface area contributed by atoms with E-state index in [0.29, 0.717) is 37.9 Å². The fourth-order valence-electron chi connectivity index (χ4n) is 5.28. The molecule has 0 spiro atoms. The number of carbonyl (C=O) groups is 2. The van der Waals surface area contributed by atoms with Crippen molar-refractivity contribution in [1.29, 1.82) is 0 Å². The van der Waals surface area contributed by atoms with Crippen molar-refractivity contribution in [3.8, 4) is 11.1 Å². The maximum atomic E-state index is 12.8. The van der Waals surface area contributed by atoms with Gasteiger partial charge in [-0.25, -0.2) is 4.79 Å². The minimum absolute atomic E-state index is 0.0148. The molecule has 1 N–H and O–H groups in total. The first-order chi connectivity index (χ1) is 19.6. The lowest BCUT2D eigenvalue weighted by Crippen LogP contribution is -2.29. The van der Waals surface area contributed by atoms with Crippen LogP contribution in [0.25, 0.3) is 11.1 Å². The monoisotopic (exact) mass is 542 g/mol. The van der Waals surface area contributed by atoms with Gasteiger partial charge in [0.2, 0.25) is 0 Å². The second-order valence-electron chi connectivity index (χ2n) is 10.1. The summed E-state index contributed by atoms with van der Waals surface area (Å²) in [4.78, 5) is 24.2. The molecule has 6 nitrogen and oxygen atoms in total. The van der Waals surface area contributed by atoms with E-state index >= 15 is 0 Å². The molecule has 0 aliphatic heterocycles. The van der Waals surface area contributed by atoms with E-state index < -0.39 is 12.1 Å². The third-order valence-corrected chi connectivity index (χ3v) is 7.53. The van der Waals surface area contributed by atoms with Gasteiger partial charge in [0, 0.05) is 25.4 Å². The Morgan fingerprint density at radius 1 is 0.850 bits per heavy atom. The number of hydrogen-bond acceptors (Lipinski definition) is 6. The van der Waals surface area contributed by atoms with Crippen molar-refractivity contribution in [2.45, 2.75) is 50.9 Å². The number of aliphatic hydroxyl groups excluding tert-OH is 1. The van der Waals surface area contributed by atoms with E-state index in [2.05, 4.69) is 48.6 Å². The van der Waals surface area contributed by atoms with Crippen LogP contribution in [0, 0.1) is 11.8 Å². The van der Waals surface area contributed by atoms with Gasteiger partial charge in [0.25, 0.3) is 0 Å². The Bertz CT molecular complexity index is 1220. The third-order valence-electron chi connectivity index (χ3n) is 7.53. The highest BCUT2D eigenvalue weighted by atomic mass is 16.6. The molecule has 1 saturated carbocycles. The Morgan fingerprint density at radius 2 is 1.52 bits per heavy atom. The number of carbonyl (C=O) groups excluding carboxylic acids is 2. The fraction of sp³-hybridized carbons (Fsp3) is 0.353. The van der Waals surface area contributed by atoms with Gasteiger partial charge in [-0.15, -0.1) is 0 Å². The van der Waals surface area contributed by atoms with Crippen LogP contribution in [0.1, 0.15) is 48.0 Å². The van der Waals surface area contributed by atoms with E-state index in [9.17, 15) is 14.7 Å². The van der Waals surface area contributed by atoms with Gasteiger partial charge < -0.3 is 19.3 Å². The summed E-state index contributed by atoms with van der Waals surface area (Å²) in [7, 11) is 1.39. The minimum Gasteiger partial charge on any atom is -0.469 e. The number of allylic oxidation sites excluding steroid dienone is 2. The highest BCUT2D eigenvalue weighted by Crippen LogP contribution is 2.39. The summed E-state index contributed by atoms with van der Waals surface area (Å²) < 4.78 is 17.0. The molecule has 40 heavy (non-hydrogen) atoms. The first kappa shape index (κ1) is 29.2. The predicted molar refractivity (Wildman–Crippen MR) is 154 cm³/mol. The number of rotatable bonds is 13. The Hall–Kier alpha value is -3.74. The van der Waals surface area contributed by atoms with Crippen LogP contribution < -0.4 is 0 Å². The molecule has 0 unspecified atom stereocenters. The molecule has 3 aromatic carbocycles. The quantitative estimate of drug-likeness (QED) is 0.153. The van der Waals surface area contributed by atoms with Crippen molar-refractivity contribution in [1.82, 2.24) is 0 Å². The molecule has 0 radical (unpaired) electrons. The van der Waals surface area contributed by atoms with Gasteiger partial charge in [-0.05, 0) is 54.0 Å². The van der Waals surface area contributed by atoms with Crippen molar-refractivity contribution in [2.24, 2.45) is 11.8 Å². The summed E-state index contributed by atoms with van der Waals surface area (Å²) in [5.74, 6) is -0.854. The van der Waals surface area contributed by atoms with E-state index in [0.717, 1.165) is 23.1 Å². The maximum absolute atomic E-state index is 12.8. The zero-order valence-corrected chi connectivity index (χ0v) is 23.0. The Morgan fingerprint density at radius 3 is 2.20 bits per heavy atom. The molecule has 4 atom stereocenters. The summed E-state index contributed by atoms with van der Waals surface area (Å²) in [5.41, 5.74) is 3.86. The second kappa shape index (κ2) is 15.2. The van der Waals surface area contributed by atoms with Crippen LogP contribution in [0.4, 0.5) is 0 Å². The van der Waals surface area contributed by atoms with E-state index in [1.54, 1.807) is 24.3 Å². The van der Waals surface area contributed by atoms with Gasteiger partial charge in [0.05, 0.1) is 25.4 Å². The molecule has 0 aromatic heterocycles. The van der Waals surface area contributed by atoms with Crippen LogP contribution in [0.2, 0.25) is 0 Å². The standard InChI is InChI=1S/C34H38O6/c1-38-33(36)17-11-3-2-10-16-29-30(23-35)32(40-34(37)28-14-8-5-9-15-28)22-31(29)39-24-25-18-20-27(21-19-25)26-12-6-4-7-13-26/h2,4-10,12-15,18-21,29-32,35H,3,11,16-17,22-24H2,1H3/b10-2-/t29-,30-,31-,32-/m1/s1. The van der Waals surface area contributed by atoms with Crippen molar-refractivity contribution in [2.75, 3.05) is 13.7 Å². The summed E-state index contributed by atoms with van der Waals surface area (Å²) >= 11 is 0. The lowest BCUT2D eigenvalue weighted by molar-refractivity contribution is -0.140. The molecule has 1 aliphatic carbocycles. The number of esters is 2. The van der Waals surface area contributed by atoms with Crippen molar-refractivity contribution >= 4 is 11.9 Å². The molecule has 0 amide bonds. The van der Waals surface area contributed by atoms with Gasteiger partial charge in [-0.2, -0.15) is 0 Å². The van der Waals surface area contributed by atoms with Crippen molar-refractivity contribution in [3.05, 3.63) is 108 Å². The average Bonchev–Trinajstić information content (AvgIpc) is 3.34. The van der Waals surface area contributed by atoms with Crippen LogP contribution in [-0.4, -0.2) is 43.0 Å². The van der Waals surface area contributed by atoms with Crippen LogP contribution in [-0.2, 0) is 25.6 Å². The molecule has 0 bridgehead atoms. The lowest BCUT2D eigenvalue weighted by Gasteiger charge is -2.24. The molecule has 1 fully saturated rings. The molecule has 6 heteroatoms. The second-order valence-corrected chi connectivity index (χ2v) is 10.1. The SMILES string of the molecule is COC(=O)CCC/C=C\C[C@@H]1[C@@H](CO)[C@H](OC(=O)c2ccccc2)C[C@H]1OCc1ccc(-c2ccccc2)cc1. The normalized spacial score (nSPS) is 20.4. The van der Waals surface area contributed by atoms with Crippen molar-refractivity contribution < 1.29 is 28.9 Å². The first-order valence-electron chi connectivity index (χ1n) is 13.9. The Kier molecular flexibility index (Phi) is 11.1. The average molecular weight is 543 g/mol. The summed E-state index contributed by atoms with van der Waals surface area (Å²) in [6.45, 7) is 0.329. The van der Waals surface area contributed by atoms with E-state index in [4.69, 9.17) is 14.2 Å². The summed E-state index contributed by atoms with van der Waals surface area (Å²) in [5, 5.41) is 10.3. The number of benzene rings is 3. The van der Waals surface area contributed by atoms with E-state index in [1.165, 1.54) is 7.11 Å². The van der Waals surface area contributed by atoms with Gasteiger partial charge in [0.15, 0.2) is 0 Å². The van der Waals surface area contributed by atoms with Crippen LogP contribution >= 0.6 is 0 Å². The van der Waals surface area contributed by atoms with Crippen LogP contribution in [0.5, 0.6) is 0 Å². The molecule has 210 valence electrons. The van der Waals surface area contributed by atoms with E-state index in [-0.39, 0.29) is 30.5 Å². The first-order valence-corrected chi connectivity index (χ1v) is 13.9. The molecule has 0 saturated heterocycles. The van der Waals surface area contributed by atoms with Crippen molar-refractivity contribution in [3.63, 3.8) is 0 Å². The maximum Gasteiger partial charge on any atom is 0.338 e. The highest BCUT2D eigenvalue weighted by molar-refractivity contribution is 5.89. The summed E-state index contributed by atoms with van der Waals surface area (Å²) in [6, 6.07) is 27.5. The van der Waals surface area contributed by atoms with E-state index in [1.807, 2.05) is 24.3 Å². The third kappa shape index (κ3) is 8.13. The molecular weight excluding hydrogens is 504 g/mol. The van der Waals surface area contributed by atoms with Gasteiger partial charge in [-0.3, -0.25) is 4.79 Å². The number of hydrogen-bond donors (Lipinski definition) is 1.